The molecule has 7 heteroatoms. The van der Waals surface area contributed by atoms with Gasteiger partial charge in [0.05, 0.1) is 18.2 Å². The summed E-state index contributed by atoms with van der Waals surface area (Å²) in [6.07, 6.45) is 0.878. The van der Waals surface area contributed by atoms with Gasteiger partial charge in [-0.25, -0.2) is 0 Å². The fourth-order valence-electron chi connectivity index (χ4n) is 3.68. The van der Waals surface area contributed by atoms with E-state index >= 15 is 0 Å². The Kier molecular flexibility index (Phi) is 5.81. The molecular formula is C25H24N2O5. The Morgan fingerprint density at radius 3 is 2.38 bits per heavy atom. The van der Waals surface area contributed by atoms with E-state index < -0.39 is 17.7 Å². The molecule has 0 aliphatic carbocycles. The molecule has 1 aliphatic heterocycles. The second-order valence-corrected chi connectivity index (χ2v) is 7.75. The molecule has 1 unspecified atom stereocenters. The number of carbonyl (C=O) groups excluding carboxylic acids is 2. The number of hydrogen-bond donors (Lipinski definition) is 1. The van der Waals surface area contributed by atoms with Crippen LogP contribution in [0.4, 0.5) is 5.82 Å². The zero-order chi connectivity index (χ0) is 22.8. The molecule has 2 aromatic carbocycles. The van der Waals surface area contributed by atoms with Gasteiger partial charge < -0.3 is 14.4 Å². The number of ketones is 1. The topological polar surface area (TPSA) is 92.9 Å². The monoisotopic (exact) mass is 432 g/mol. The van der Waals surface area contributed by atoms with Crippen LogP contribution >= 0.6 is 0 Å². The lowest BCUT2D eigenvalue weighted by Gasteiger charge is -2.23. The molecular weight excluding hydrogens is 408 g/mol. The van der Waals surface area contributed by atoms with Crippen molar-refractivity contribution >= 4 is 23.3 Å². The molecule has 0 radical (unpaired) electrons. The zero-order valence-corrected chi connectivity index (χ0v) is 18.2. The predicted molar refractivity (Wildman–Crippen MR) is 119 cm³/mol. The van der Waals surface area contributed by atoms with Crippen molar-refractivity contribution in [3.8, 4) is 5.75 Å². The van der Waals surface area contributed by atoms with Gasteiger partial charge in [-0.05, 0) is 50.1 Å². The van der Waals surface area contributed by atoms with Gasteiger partial charge >= 0.3 is 5.91 Å². The number of ether oxygens (including phenoxy) is 1. The van der Waals surface area contributed by atoms with Crippen molar-refractivity contribution in [2.75, 3.05) is 11.5 Å². The summed E-state index contributed by atoms with van der Waals surface area (Å²) < 4.78 is 10.7. The van der Waals surface area contributed by atoms with Crippen LogP contribution in [0.3, 0.4) is 0 Å². The van der Waals surface area contributed by atoms with E-state index in [1.165, 1.54) is 4.90 Å². The molecule has 1 aromatic heterocycles. The van der Waals surface area contributed by atoms with Gasteiger partial charge in [-0.2, -0.15) is 0 Å². The lowest BCUT2D eigenvalue weighted by Crippen LogP contribution is -2.29. The number of hydrogen-bond acceptors (Lipinski definition) is 6. The number of carbonyl (C=O) groups is 2. The highest BCUT2D eigenvalue weighted by molar-refractivity contribution is 6.51. The van der Waals surface area contributed by atoms with Crippen molar-refractivity contribution in [2.45, 2.75) is 33.2 Å². The fourth-order valence-corrected chi connectivity index (χ4v) is 3.68. The standard InChI is InChI=1S/C25H24N2O5/c1-4-13-31-19-11-9-18(10-12-19)23(28)21-22(17-7-5-15(2)6-8-17)27(25(30)24(21)29)20-14-16(3)32-26-20/h5-12,14,22,28H,4,13H2,1-3H3/b23-21+. The van der Waals surface area contributed by atoms with Crippen LogP contribution in [0.2, 0.25) is 0 Å². The van der Waals surface area contributed by atoms with Crippen molar-refractivity contribution in [3.63, 3.8) is 0 Å². The Balaban J connectivity index is 1.83. The minimum atomic E-state index is -0.837. The summed E-state index contributed by atoms with van der Waals surface area (Å²) in [6.45, 7) is 6.25. The third-order valence-electron chi connectivity index (χ3n) is 5.30. The van der Waals surface area contributed by atoms with Crippen LogP contribution in [-0.2, 0) is 9.59 Å². The molecule has 1 N–H and O–H groups in total. The van der Waals surface area contributed by atoms with Crippen molar-refractivity contribution in [2.24, 2.45) is 0 Å². The molecule has 0 saturated carbocycles. The highest BCUT2D eigenvalue weighted by atomic mass is 16.5. The number of anilines is 1. The number of aromatic nitrogens is 1. The number of benzene rings is 2. The second kappa shape index (κ2) is 8.70. The van der Waals surface area contributed by atoms with Crippen molar-refractivity contribution < 1.29 is 24.0 Å². The molecule has 0 spiro atoms. The van der Waals surface area contributed by atoms with Crippen molar-refractivity contribution in [1.29, 1.82) is 0 Å². The average molecular weight is 432 g/mol. The molecule has 164 valence electrons. The minimum absolute atomic E-state index is 0.00160. The Morgan fingerprint density at radius 2 is 1.78 bits per heavy atom. The highest BCUT2D eigenvalue weighted by Gasteiger charge is 2.48. The number of amides is 1. The summed E-state index contributed by atoms with van der Waals surface area (Å²) in [5.41, 5.74) is 2.13. The van der Waals surface area contributed by atoms with Gasteiger partial charge in [-0.1, -0.05) is 41.9 Å². The van der Waals surface area contributed by atoms with Crippen molar-refractivity contribution in [1.82, 2.24) is 5.16 Å². The first-order valence-corrected chi connectivity index (χ1v) is 10.4. The summed E-state index contributed by atoms with van der Waals surface area (Å²) in [6, 6.07) is 15.0. The zero-order valence-electron chi connectivity index (χ0n) is 18.2. The quantitative estimate of drug-likeness (QED) is 0.345. The lowest BCUT2D eigenvalue weighted by atomic mass is 9.94. The summed E-state index contributed by atoms with van der Waals surface area (Å²) in [4.78, 5) is 27.4. The molecule has 1 saturated heterocycles. The summed E-state index contributed by atoms with van der Waals surface area (Å²) in [5, 5.41) is 15.1. The number of rotatable bonds is 6. The number of aliphatic hydroxyl groups is 1. The first kappa shape index (κ1) is 21.4. The molecule has 4 rings (SSSR count). The number of Topliss-reactive ketones (excluding diaryl/α,β-unsaturated/α-hetero) is 1. The first-order valence-electron chi connectivity index (χ1n) is 10.4. The van der Waals surface area contributed by atoms with E-state index in [0.717, 1.165) is 12.0 Å². The van der Waals surface area contributed by atoms with Crippen LogP contribution in [0, 0.1) is 13.8 Å². The van der Waals surface area contributed by atoms with Gasteiger partial charge in [0.1, 0.15) is 17.3 Å². The first-order chi connectivity index (χ1) is 15.4. The normalized spacial score (nSPS) is 17.7. The highest BCUT2D eigenvalue weighted by Crippen LogP contribution is 2.42. The Morgan fingerprint density at radius 1 is 1.09 bits per heavy atom. The fraction of sp³-hybridized carbons (Fsp3) is 0.240. The Labute approximate surface area is 185 Å². The molecule has 3 aromatic rings. The van der Waals surface area contributed by atoms with Crippen molar-refractivity contribution in [3.05, 3.63) is 82.6 Å². The largest absolute Gasteiger partial charge is 0.507 e. The average Bonchev–Trinajstić information content (AvgIpc) is 3.33. The Hall–Kier alpha value is -3.87. The molecule has 2 heterocycles. The van der Waals surface area contributed by atoms with Crippen LogP contribution in [0.15, 0.2) is 64.7 Å². The van der Waals surface area contributed by atoms with Crippen LogP contribution in [0.1, 0.15) is 41.8 Å². The number of aryl methyl sites for hydroxylation is 2. The second-order valence-electron chi connectivity index (χ2n) is 7.75. The maximum absolute atomic E-state index is 13.1. The molecule has 1 fully saturated rings. The number of aliphatic hydroxyl groups excluding tert-OH is 1. The molecule has 1 aliphatic rings. The van der Waals surface area contributed by atoms with E-state index in [4.69, 9.17) is 9.26 Å². The molecule has 1 atom stereocenters. The summed E-state index contributed by atoms with van der Waals surface area (Å²) in [5.74, 6) is -0.409. The van der Waals surface area contributed by atoms with Gasteiger partial charge in [-0.15, -0.1) is 0 Å². The third-order valence-corrected chi connectivity index (χ3v) is 5.30. The SMILES string of the molecule is CCCOc1ccc(/C(O)=C2\C(=O)C(=O)N(c3cc(C)on3)C2c2ccc(C)cc2)cc1. The van der Waals surface area contributed by atoms with Gasteiger partial charge in [0.25, 0.3) is 5.78 Å². The van der Waals surface area contributed by atoms with E-state index in [9.17, 15) is 14.7 Å². The smallest absolute Gasteiger partial charge is 0.301 e. The minimum Gasteiger partial charge on any atom is -0.507 e. The van der Waals surface area contributed by atoms with E-state index in [2.05, 4.69) is 5.16 Å². The molecule has 1 amide bonds. The van der Waals surface area contributed by atoms with Crippen LogP contribution in [0.25, 0.3) is 5.76 Å². The van der Waals surface area contributed by atoms with Gasteiger partial charge in [0.2, 0.25) is 0 Å². The van der Waals surface area contributed by atoms with Crippen LogP contribution in [-0.4, -0.2) is 28.6 Å². The van der Waals surface area contributed by atoms with E-state index in [0.29, 0.717) is 29.2 Å². The molecule has 0 bridgehead atoms. The summed E-state index contributed by atoms with van der Waals surface area (Å²) >= 11 is 0. The third kappa shape index (κ3) is 3.89. The van der Waals surface area contributed by atoms with Gasteiger partial charge in [-0.3, -0.25) is 14.5 Å². The van der Waals surface area contributed by atoms with Crippen LogP contribution < -0.4 is 9.64 Å². The van der Waals surface area contributed by atoms with Gasteiger partial charge in [0.15, 0.2) is 5.82 Å². The number of nitrogens with zero attached hydrogens (tertiary/aromatic N) is 2. The molecule has 32 heavy (non-hydrogen) atoms. The Bertz CT molecular complexity index is 1180. The maximum atomic E-state index is 13.1. The molecule has 7 nitrogen and oxygen atoms in total. The maximum Gasteiger partial charge on any atom is 0.301 e. The summed E-state index contributed by atoms with van der Waals surface area (Å²) in [7, 11) is 0. The van der Waals surface area contributed by atoms with Crippen LogP contribution in [0.5, 0.6) is 5.75 Å². The van der Waals surface area contributed by atoms with E-state index in [1.54, 1.807) is 37.3 Å². The van der Waals surface area contributed by atoms with E-state index in [-0.39, 0.29) is 17.2 Å². The predicted octanol–water partition coefficient (Wildman–Crippen LogP) is 4.71. The van der Waals surface area contributed by atoms with Gasteiger partial charge in [0, 0.05) is 11.6 Å². The van der Waals surface area contributed by atoms with E-state index in [1.807, 2.05) is 38.1 Å². The lowest BCUT2D eigenvalue weighted by molar-refractivity contribution is -0.132.